The molecule has 0 aliphatic carbocycles. The topological polar surface area (TPSA) is 57.7 Å². The second-order valence-electron chi connectivity index (χ2n) is 7.58. The van der Waals surface area contributed by atoms with Crippen molar-refractivity contribution in [2.45, 2.75) is 18.7 Å². The Morgan fingerprint density at radius 2 is 1.41 bits per heavy atom. The van der Waals surface area contributed by atoms with Gasteiger partial charge in [0.15, 0.2) is 0 Å². The molecule has 0 radical (unpaired) electrons. The van der Waals surface area contributed by atoms with Crippen LogP contribution in [0.1, 0.15) is 21.5 Å². The second kappa shape index (κ2) is 7.61. The molecule has 1 aliphatic rings. The molecule has 29 heavy (non-hydrogen) atoms. The van der Waals surface area contributed by atoms with Gasteiger partial charge in [0.1, 0.15) is 0 Å². The molecule has 0 aromatic heterocycles. The zero-order valence-corrected chi connectivity index (χ0v) is 17.4. The van der Waals surface area contributed by atoms with E-state index in [1.807, 2.05) is 62.4 Å². The van der Waals surface area contributed by atoms with E-state index in [9.17, 15) is 13.2 Å². The lowest BCUT2D eigenvalue weighted by atomic mass is 10.1. The summed E-state index contributed by atoms with van der Waals surface area (Å²) in [6.45, 7) is 5.31. The maximum absolute atomic E-state index is 13.1. The lowest BCUT2D eigenvalue weighted by molar-refractivity contribution is 0.0697. The Balaban J connectivity index is 1.50. The van der Waals surface area contributed by atoms with Crippen molar-refractivity contribution in [1.29, 1.82) is 0 Å². The van der Waals surface area contributed by atoms with Gasteiger partial charge in [-0.15, -0.1) is 0 Å². The molecule has 0 N–H and O–H groups in total. The van der Waals surface area contributed by atoms with Crippen molar-refractivity contribution >= 4 is 26.7 Å². The Bertz CT molecular complexity index is 1160. The number of benzene rings is 3. The molecule has 0 saturated carbocycles. The molecule has 1 saturated heterocycles. The van der Waals surface area contributed by atoms with E-state index in [0.29, 0.717) is 36.6 Å². The first kappa shape index (κ1) is 19.6. The number of carbonyl (C=O) groups excluding carboxylic acids is 1. The van der Waals surface area contributed by atoms with Crippen molar-refractivity contribution in [1.82, 2.24) is 9.21 Å². The van der Waals surface area contributed by atoms with Crippen molar-refractivity contribution in [3.05, 3.63) is 77.4 Å². The summed E-state index contributed by atoms with van der Waals surface area (Å²) in [4.78, 5) is 14.9. The number of sulfonamides is 1. The van der Waals surface area contributed by atoms with Crippen LogP contribution in [0.2, 0.25) is 0 Å². The molecule has 3 aromatic rings. The third-order valence-electron chi connectivity index (χ3n) is 5.35. The molecule has 1 heterocycles. The van der Waals surface area contributed by atoms with Crippen molar-refractivity contribution in [3.8, 4) is 0 Å². The SMILES string of the molecule is Cc1cc(C)cc(C(=O)N2CCN(S(=O)(=O)c3ccc4ccccc4c3)CC2)c1. The van der Waals surface area contributed by atoms with E-state index in [4.69, 9.17) is 0 Å². The van der Waals surface area contributed by atoms with Crippen LogP contribution in [0.5, 0.6) is 0 Å². The average Bonchev–Trinajstić information content (AvgIpc) is 2.72. The predicted octanol–water partition coefficient (Wildman–Crippen LogP) is 3.60. The molecule has 1 fully saturated rings. The van der Waals surface area contributed by atoms with E-state index in [-0.39, 0.29) is 5.91 Å². The summed E-state index contributed by atoms with van der Waals surface area (Å²) in [7, 11) is -3.59. The molecule has 0 unspecified atom stereocenters. The number of hydrogen-bond acceptors (Lipinski definition) is 3. The minimum Gasteiger partial charge on any atom is -0.336 e. The number of carbonyl (C=O) groups is 1. The van der Waals surface area contributed by atoms with Gasteiger partial charge in [0.25, 0.3) is 5.91 Å². The smallest absolute Gasteiger partial charge is 0.253 e. The minimum atomic E-state index is -3.59. The summed E-state index contributed by atoms with van der Waals surface area (Å²) in [6, 6.07) is 18.7. The van der Waals surface area contributed by atoms with Gasteiger partial charge in [0.05, 0.1) is 4.90 Å². The van der Waals surface area contributed by atoms with Crippen LogP contribution in [0, 0.1) is 13.8 Å². The standard InChI is InChI=1S/C23H24N2O3S/c1-17-13-18(2)15-21(14-17)23(26)24-9-11-25(12-10-24)29(27,28)22-8-7-19-5-3-4-6-20(19)16-22/h3-8,13-16H,9-12H2,1-2H3. The number of hydrogen-bond donors (Lipinski definition) is 0. The van der Waals surface area contributed by atoms with Crippen molar-refractivity contribution < 1.29 is 13.2 Å². The summed E-state index contributed by atoms with van der Waals surface area (Å²) in [5, 5.41) is 1.91. The molecule has 0 atom stereocenters. The van der Waals surface area contributed by atoms with Gasteiger partial charge in [-0.05, 0) is 48.9 Å². The Morgan fingerprint density at radius 1 is 0.793 bits per heavy atom. The molecular weight excluding hydrogens is 384 g/mol. The van der Waals surface area contributed by atoms with Crippen LogP contribution in [-0.4, -0.2) is 49.7 Å². The zero-order chi connectivity index (χ0) is 20.6. The molecule has 1 aliphatic heterocycles. The first-order valence-electron chi connectivity index (χ1n) is 9.71. The Hall–Kier alpha value is -2.70. The van der Waals surface area contributed by atoms with Crippen LogP contribution in [0.25, 0.3) is 10.8 Å². The maximum atomic E-state index is 13.1. The van der Waals surface area contributed by atoms with E-state index >= 15 is 0 Å². The summed E-state index contributed by atoms with van der Waals surface area (Å²) >= 11 is 0. The summed E-state index contributed by atoms with van der Waals surface area (Å²) in [6.07, 6.45) is 0. The lowest BCUT2D eigenvalue weighted by Gasteiger charge is -2.34. The molecular formula is C23H24N2O3S. The number of aryl methyl sites for hydroxylation is 2. The van der Waals surface area contributed by atoms with Gasteiger partial charge in [0.2, 0.25) is 10.0 Å². The van der Waals surface area contributed by atoms with Crippen LogP contribution in [-0.2, 0) is 10.0 Å². The fourth-order valence-electron chi connectivity index (χ4n) is 3.89. The van der Waals surface area contributed by atoms with E-state index in [2.05, 4.69) is 0 Å². The Morgan fingerprint density at radius 3 is 2.07 bits per heavy atom. The van der Waals surface area contributed by atoms with Gasteiger partial charge < -0.3 is 4.90 Å². The molecule has 4 rings (SSSR count). The summed E-state index contributed by atoms with van der Waals surface area (Å²) in [5.74, 6) is -0.0421. The summed E-state index contributed by atoms with van der Waals surface area (Å²) in [5.41, 5.74) is 2.75. The van der Waals surface area contributed by atoms with Crippen LogP contribution in [0.3, 0.4) is 0 Å². The Labute approximate surface area is 171 Å². The number of fused-ring (bicyclic) bond motifs is 1. The second-order valence-corrected chi connectivity index (χ2v) is 9.52. The number of nitrogens with zero attached hydrogens (tertiary/aromatic N) is 2. The predicted molar refractivity (Wildman–Crippen MR) is 115 cm³/mol. The normalized spacial score (nSPS) is 15.6. The third kappa shape index (κ3) is 3.91. The number of piperazine rings is 1. The Kier molecular flexibility index (Phi) is 5.15. The fourth-order valence-corrected chi connectivity index (χ4v) is 5.35. The molecule has 150 valence electrons. The highest BCUT2D eigenvalue weighted by Crippen LogP contribution is 2.23. The van der Waals surface area contributed by atoms with Gasteiger partial charge in [-0.25, -0.2) is 8.42 Å². The molecule has 1 amide bonds. The van der Waals surface area contributed by atoms with Gasteiger partial charge in [0, 0.05) is 31.7 Å². The average molecular weight is 409 g/mol. The first-order valence-corrected chi connectivity index (χ1v) is 11.2. The lowest BCUT2D eigenvalue weighted by Crippen LogP contribution is -2.50. The minimum absolute atomic E-state index is 0.0421. The van der Waals surface area contributed by atoms with Crippen molar-refractivity contribution in [3.63, 3.8) is 0 Å². The molecule has 0 spiro atoms. The van der Waals surface area contributed by atoms with E-state index in [0.717, 1.165) is 21.9 Å². The van der Waals surface area contributed by atoms with Gasteiger partial charge in [-0.2, -0.15) is 4.31 Å². The van der Waals surface area contributed by atoms with Crippen LogP contribution >= 0.6 is 0 Å². The number of amides is 1. The molecule has 6 heteroatoms. The van der Waals surface area contributed by atoms with Crippen LogP contribution in [0.15, 0.2) is 65.6 Å². The van der Waals surface area contributed by atoms with Gasteiger partial charge in [-0.1, -0.05) is 47.5 Å². The monoisotopic (exact) mass is 408 g/mol. The largest absolute Gasteiger partial charge is 0.336 e. The van der Waals surface area contributed by atoms with Crippen LogP contribution in [0.4, 0.5) is 0 Å². The third-order valence-corrected chi connectivity index (χ3v) is 7.25. The highest BCUT2D eigenvalue weighted by Gasteiger charge is 2.30. The zero-order valence-electron chi connectivity index (χ0n) is 16.6. The molecule has 5 nitrogen and oxygen atoms in total. The highest BCUT2D eigenvalue weighted by molar-refractivity contribution is 7.89. The van der Waals surface area contributed by atoms with E-state index < -0.39 is 10.0 Å². The summed E-state index contributed by atoms with van der Waals surface area (Å²) < 4.78 is 27.7. The molecule has 3 aromatic carbocycles. The van der Waals surface area contributed by atoms with Crippen molar-refractivity contribution in [2.75, 3.05) is 26.2 Å². The fraction of sp³-hybridized carbons (Fsp3) is 0.261. The van der Waals surface area contributed by atoms with Gasteiger partial charge >= 0.3 is 0 Å². The van der Waals surface area contributed by atoms with Crippen LogP contribution < -0.4 is 0 Å². The van der Waals surface area contributed by atoms with E-state index in [1.54, 1.807) is 17.0 Å². The quantitative estimate of drug-likeness (QED) is 0.665. The van der Waals surface area contributed by atoms with Crippen molar-refractivity contribution in [2.24, 2.45) is 0 Å². The van der Waals surface area contributed by atoms with Gasteiger partial charge in [-0.3, -0.25) is 4.79 Å². The number of rotatable bonds is 3. The molecule has 0 bridgehead atoms. The van der Waals surface area contributed by atoms with E-state index in [1.165, 1.54) is 4.31 Å². The highest BCUT2D eigenvalue weighted by atomic mass is 32.2. The first-order chi connectivity index (χ1) is 13.8. The maximum Gasteiger partial charge on any atom is 0.253 e.